The molecule has 4 heteroatoms. The number of halogens is 1. The Morgan fingerprint density at radius 1 is 1.24 bits per heavy atom. The molecule has 0 aromatic carbocycles. The summed E-state index contributed by atoms with van der Waals surface area (Å²) in [6, 6.07) is 0. The summed E-state index contributed by atoms with van der Waals surface area (Å²) in [5.41, 5.74) is -0.933. The minimum atomic E-state index is -0.957. The molecular formula is C13H22FNOS. The second kappa shape index (κ2) is 4.71. The molecule has 98 valence electrons. The van der Waals surface area contributed by atoms with Crippen LogP contribution in [0.4, 0.5) is 4.39 Å². The monoisotopic (exact) mass is 259 g/mol. The molecule has 3 saturated heterocycles. The molecule has 1 spiro atoms. The van der Waals surface area contributed by atoms with E-state index in [1.54, 1.807) is 0 Å². The Hall–Kier alpha value is 0.200. The van der Waals surface area contributed by atoms with E-state index in [1.807, 2.05) is 11.8 Å². The van der Waals surface area contributed by atoms with Gasteiger partial charge in [-0.25, -0.2) is 4.39 Å². The highest BCUT2D eigenvalue weighted by Gasteiger charge is 2.48. The molecule has 3 heterocycles. The maximum absolute atomic E-state index is 14.8. The van der Waals surface area contributed by atoms with Crippen molar-refractivity contribution >= 4 is 11.8 Å². The van der Waals surface area contributed by atoms with Gasteiger partial charge in [0.2, 0.25) is 0 Å². The van der Waals surface area contributed by atoms with E-state index < -0.39 is 5.67 Å². The highest BCUT2D eigenvalue weighted by Crippen LogP contribution is 2.45. The van der Waals surface area contributed by atoms with Gasteiger partial charge in [0.25, 0.3) is 0 Å². The second-order valence-electron chi connectivity index (χ2n) is 5.79. The number of thioether (sulfide) groups is 1. The van der Waals surface area contributed by atoms with Crippen molar-refractivity contribution in [1.82, 2.24) is 5.32 Å². The smallest absolute Gasteiger partial charge is 0.127 e. The summed E-state index contributed by atoms with van der Waals surface area (Å²) in [5, 5.41) is 3.18. The topological polar surface area (TPSA) is 21.3 Å². The summed E-state index contributed by atoms with van der Waals surface area (Å²) in [5.74, 6) is 2.59. The first-order chi connectivity index (χ1) is 8.23. The Morgan fingerprint density at radius 2 is 2.06 bits per heavy atom. The van der Waals surface area contributed by atoms with Crippen molar-refractivity contribution in [2.24, 2.45) is 5.92 Å². The van der Waals surface area contributed by atoms with E-state index in [4.69, 9.17) is 4.74 Å². The van der Waals surface area contributed by atoms with Crippen LogP contribution in [0.25, 0.3) is 0 Å². The normalized spacial score (nSPS) is 41.8. The first-order valence-corrected chi connectivity index (χ1v) is 7.99. The summed E-state index contributed by atoms with van der Waals surface area (Å²) >= 11 is 2.01. The third-order valence-corrected chi connectivity index (χ3v) is 5.75. The molecule has 0 aromatic rings. The van der Waals surface area contributed by atoms with Crippen molar-refractivity contribution < 1.29 is 9.13 Å². The summed E-state index contributed by atoms with van der Waals surface area (Å²) in [6.45, 7) is 2.17. The van der Waals surface area contributed by atoms with Gasteiger partial charge in [0.05, 0.1) is 5.60 Å². The summed E-state index contributed by atoms with van der Waals surface area (Å²) < 4.78 is 20.9. The molecular weight excluding hydrogens is 237 g/mol. The largest absolute Gasteiger partial charge is 0.375 e. The summed E-state index contributed by atoms with van der Waals surface area (Å²) in [6.07, 6.45) is 4.80. The fourth-order valence-corrected chi connectivity index (χ4v) is 4.83. The van der Waals surface area contributed by atoms with Crippen LogP contribution in [-0.4, -0.2) is 42.5 Å². The van der Waals surface area contributed by atoms with Crippen LogP contribution in [0.3, 0.4) is 0 Å². The quantitative estimate of drug-likeness (QED) is 0.781. The maximum Gasteiger partial charge on any atom is 0.127 e. The minimum absolute atomic E-state index is 0.0237. The lowest BCUT2D eigenvalue weighted by Crippen LogP contribution is -2.49. The lowest BCUT2D eigenvalue weighted by molar-refractivity contribution is -0.126. The van der Waals surface area contributed by atoms with Gasteiger partial charge in [0.1, 0.15) is 5.67 Å². The number of hydrogen-bond acceptors (Lipinski definition) is 3. The van der Waals surface area contributed by atoms with Crippen LogP contribution in [0.15, 0.2) is 0 Å². The zero-order chi connectivity index (χ0) is 11.8. The third kappa shape index (κ3) is 2.36. The van der Waals surface area contributed by atoms with E-state index in [2.05, 4.69) is 5.32 Å². The van der Waals surface area contributed by atoms with Crippen molar-refractivity contribution in [3.05, 3.63) is 0 Å². The Kier molecular flexibility index (Phi) is 3.39. The average Bonchev–Trinajstić information content (AvgIpc) is 2.79. The second-order valence-corrected chi connectivity index (χ2v) is 7.02. The Labute approximate surface area is 107 Å². The lowest BCUT2D eigenvalue weighted by atomic mass is 9.74. The molecule has 0 amide bonds. The molecule has 3 aliphatic heterocycles. The van der Waals surface area contributed by atoms with Crippen molar-refractivity contribution in [3.8, 4) is 0 Å². The van der Waals surface area contributed by atoms with Crippen LogP contribution in [0.1, 0.15) is 32.1 Å². The van der Waals surface area contributed by atoms with Crippen molar-refractivity contribution in [3.63, 3.8) is 0 Å². The van der Waals surface area contributed by atoms with E-state index in [9.17, 15) is 4.39 Å². The fourth-order valence-electron chi connectivity index (χ4n) is 3.59. The molecule has 0 saturated carbocycles. The van der Waals surface area contributed by atoms with Crippen LogP contribution in [0, 0.1) is 5.92 Å². The molecule has 3 rings (SSSR count). The van der Waals surface area contributed by atoms with Crippen LogP contribution in [0.5, 0.6) is 0 Å². The number of hydrogen-bond donors (Lipinski definition) is 1. The van der Waals surface area contributed by atoms with Gasteiger partial charge in [-0.3, -0.25) is 0 Å². The van der Waals surface area contributed by atoms with Gasteiger partial charge in [0.15, 0.2) is 0 Å². The van der Waals surface area contributed by atoms with E-state index in [-0.39, 0.29) is 11.5 Å². The molecule has 17 heavy (non-hydrogen) atoms. The molecule has 1 N–H and O–H groups in total. The van der Waals surface area contributed by atoms with Gasteiger partial charge in [-0.1, -0.05) is 0 Å². The van der Waals surface area contributed by atoms with Crippen LogP contribution >= 0.6 is 11.8 Å². The predicted octanol–water partition coefficient (Wildman–Crippen LogP) is 2.38. The molecule has 2 unspecified atom stereocenters. The van der Waals surface area contributed by atoms with Crippen LogP contribution in [-0.2, 0) is 4.74 Å². The maximum atomic E-state index is 14.8. The highest BCUT2D eigenvalue weighted by molar-refractivity contribution is 7.99. The van der Waals surface area contributed by atoms with E-state index in [1.165, 1.54) is 11.5 Å². The van der Waals surface area contributed by atoms with Crippen molar-refractivity contribution in [2.75, 3.05) is 31.2 Å². The van der Waals surface area contributed by atoms with E-state index in [0.29, 0.717) is 13.0 Å². The molecule has 3 fully saturated rings. The lowest BCUT2D eigenvalue weighted by Gasteiger charge is -2.46. The zero-order valence-electron chi connectivity index (χ0n) is 10.3. The molecule has 0 radical (unpaired) electrons. The third-order valence-electron chi connectivity index (χ3n) is 4.76. The molecule has 0 bridgehead atoms. The Morgan fingerprint density at radius 3 is 2.76 bits per heavy atom. The average molecular weight is 259 g/mol. The first-order valence-electron chi connectivity index (χ1n) is 6.84. The highest BCUT2D eigenvalue weighted by atomic mass is 32.2. The number of alkyl halides is 1. The summed E-state index contributed by atoms with van der Waals surface area (Å²) in [4.78, 5) is 0. The van der Waals surface area contributed by atoms with Gasteiger partial charge in [-0.05, 0) is 56.1 Å². The molecule has 0 aromatic heterocycles. The SMILES string of the molecule is FC1(C2CCOC3(CCSCC3)C2)CCNC1. The first kappa shape index (κ1) is 12.2. The van der Waals surface area contributed by atoms with Crippen LogP contribution in [0.2, 0.25) is 0 Å². The standard InChI is InChI=1S/C13H22FNOS/c14-13(2-5-15-10-13)11-1-6-16-12(9-11)3-7-17-8-4-12/h11,15H,1-10H2. The number of ether oxygens (including phenoxy) is 1. The van der Waals surface area contributed by atoms with E-state index in [0.717, 1.165) is 38.8 Å². The van der Waals surface area contributed by atoms with E-state index >= 15 is 0 Å². The summed E-state index contributed by atoms with van der Waals surface area (Å²) in [7, 11) is 0. The molecule has 0 aliphatic carbocycles. The molecule has 2 nitrogen and oxygen atoms in total. The van der Waals surface area contributed by atoms with Crippen molar-refractivity contribution in [1.29, 1.82) is 0 Å². The van der Waals surface area contributed by atoms with Gasteiger partial charge in [-0.15, -0.1) is 0 Å². The Bertz CT molecular complexity index is 269. The fraction of sp³-hybridized carbons (Fsp3) is 1.00. The molecule has 3 aliphatic rings. The van der Waals surface area contributed by atoms with Gasteiger partial charge < -0.3 is 10.1 Å². The van der Waals surface area contributed by atoms with Gasteiger partial charge in [-0.2, -0.15) is 11.8 Å². The van der Waals surface area contributed by atoms with Gasteiger partial charge >= 0.3 is 0 Å². The predicted molar refractivity (Wildman–Crippen MR) is 69.3 cm³/mol. The Balaban J connectivity index is 1.70. The van der Waals surface area contributed by atoms with Crippen LogP contribution < -0.4 is 5.32 Å². The zero-order valence-corrected chi connectivity index (χ0v) is 11.2. The molecule has 2 atom stereocenters. The number of nitrogens with one attached hydrogen (secondary N) is 1. The number of rotatable bonds is 1. The minimum Gasteiger partial charge on any atom is -0.375 e. The van der Waals surface area contributed by atoms with Gasteiger partial charge in [0, 0.05) is 13.2 Å². The van der Waals surface area contributed by atoms with Crippen molar-refractivity contribution in [2.45, 2.75) is 43.4 Å².